The molecule has 5 nitrogen and oxygen atoms in total. The van der Waals surface area contributed by atoms with Gasteiger partial charge in [0.25, 0.3) is 0 Å². The van der Waals surface area contributed by atoms with Crippen molar-refractivity contribution >= 4 is 11.6 Å². The lowest BCUT2D eigenvalue weighted by molar-refractivity contribution is -0.117. The van der Waals surface area contributed by atoms with Crippen LogP contribution in [0.4, 0.5) is 5.69 Å². The van der Waals surface area contributed by atoms with Gasteiger partial charge in [0, 0.05) is 24.8 Å². The minimum atomic E-state index is -0.00828. The van der Waals surface area contributed by atoms with Crippen molar-refractivity contribution in [2.45, 2.75) is 13.0 Å². The number of ether oxygens (including phenoxy) is 2. The van der Waals surface area contributed by atoms with Gasteiger partial charge >= 0.3 is 0 Å². The average molecular weight is 324 g/mol. The molecule has 2 aliphatic rings. The largest absolute Gasteiger partial charge is 0.486 e. The summed E-state index contributed by atoms with van der Waals surface area (Å²) in [5.41, 5.74) is 3.44. The van der Waals surface area contributed by atoms with E-state index in [0.717, 1.165) is 30.9 Å². The van der Waals surface area contributed by atoms with E-state index in [0.29, 0.717) is 25.5 Å². The molecule has 0 aliphatic carbocycles. The van der Waals surface area contributed by atoms with E-state index in [9.17, 15) is 4.79 Å². The summed E-state index contributed by atoms with van der Waals surface area (Å²) in [5.74, 6) is 1.41. The lowest BCUT2D eigenvalue weighted by Crippen LogP contribution is -2.37. The van der Waals surface area contributed by atoms with Gasteiger partial charge in [-0.2, -0.15) is 0 Å². The zero-order valence-electron chi connectivity index (χ0n) is 13.5. The van der Waals surface area contributed by atoms with E-state index in [-0.39, 0.29) is 5.91 Å². The normalized spacial score (nSPS) is 16.3. The standard InChI is InChI=1S/C19H20N2O3/c22-19(13-21-8-7-14-3-1-2-4-15(14)12-21)20-16-5-6-17-18(11-16)24-10-9-23-17/h1-6,11H,7-10,12-13H2,(H,20,22). The van der Waals surface area contributed by atoms with Crippen molar-refractivity contribution < 1.29 is 14.3 Å². The predicted octanol–water partition coefficient (Wildman–Crippen LogP) is 2.45. The third-order valence-electron chi connectivity index (χ3n) is 4.40. The van der Waals surface area contributed by atoms with Crippen molar-refractivity contribution in [3.63, 3.8) is 0 Å². The van der Waals surface area contributed by atoms with Crippen LogP contribution in [0.25, 0.3) is 0 Å². The Morgan fingerprint density at radius 3 is 2.71 bits per heavy atom. The third kappa shape index (κ3) is 3.21. The van der Waals surface area contributed by atoms with Crippen LogP contribution in [0.1, 0.15) is 11.1 Å². The first-order chi connectivity index (χ1) is 11.8. The number of benzene rings is 2. The number of amides is 1. The van der Waals surface area contributed by atoms with Crippen molar-refractivity contribution in [3.05, 3.63) is 53.6 Å². The Labute approximate surface area is 141 Å². The van der Waals surface area contributed by atoms with E-state index in [1.165, 1.54) is 11.1 Å². The van der Waals surface area contributed by atoms with E-state index in [1.807, 2.05) is 18.2 Å². The molecule has 124 valence electrons. The van der Waals surface area contributed by atoms with Crippen molar-refractivity contribution in [2.75, 3.05) is 31.6 Å². The lowest BCUT2D eigenvalue weighted by Gasteiger charge is -2.28. The maximum atomic E-state index is 12.3. The molecule has 4 rings (SSSR count). The summed E-state index contributed by atoms with van der Waals surface area (Å²) in [4.78, 5) is 14.5. The molecule has 0 bridgehead atoms. The van der Waals surface area contributed by atoms with Gasteiger partial charge in [-0.15, -0.1) is 0 Å². The third-order valence-corrected chi connectivity index (χ3v) is 4.40. The molecule has 1 amide bonds. The molecule has 0 fully saturated rings. The number of hydrogen-bond donors (Lipinski definition) is 1. The fraction of sp³-hybridized carbons (Fsp3) is 0.316. The molecule has 2 aromatic carbocycles. The number of anilines is 1. The summed E-state index contributed by atoms with van der Waals surface area (Å²) in [6, 6.07) is 13.9. The summed E-state index contributed by atoms with van der Waals surface area (Å²) in [6.07, 6.45) is 0.994. The highest BCUT2D eigenvalue weighted by Gasteiger charge is 2.18. The molecular weight excluding hydrogens is 304 g/mol. The fourth-order valence-corrected chi connectivity index (χ4v) is 3.21. The first kappa shape index (κ1) is 15.0. The van der Waals surface area contributed by atoms with Crippen LogP contribution in [0, 0.1) is 0 Å². The van der Waals surface area contributed by atoms with Gasteiger partial charge in [0.1, 0.15) is 13.2 Å². The Bertz CT molecular complexity index is 760. The highest BCUT2D eigenvalue weighted by atomic mass is 16.6. The number of fused-ring (bicyclic) bond motifs is 2. The number of rotatable bonds is 3. The van der Waals surface area contributed by atoms with Gasteiger partial charge in [-0.1, -0.05) is 24.3 Å². The van der Waals surface area contributed by atoms with Gasteiger partial charge in [0.15, 0.2) is 11.5 Å². The number of nitrogens with zero attached hydrogens (tertiary/aromatic N) is 1. The van der Waals surface area contributed by atoms with E-state index in [1.54, 1.807) is 0 Å². The van der Waals surface area contributed by atoms with Crippen molar-refractivity contribution in [2.24, 2.45) is 0 Å². The van der Waals surface area contributed by atoms with Crippen LogP contribution >= 0.6 is 0 Å². The van der Waals surface area contributed by atoms with Crippen LogP contribution in [0.3, 0.4) is 0 Å². The van der Waals surface area contributed by atoms with E-state index in [4.69, 9.17) is 9.47 Å². The van der Waals surface area contributed by atoms with E-state index in [2.05, 4.69) is 34.5 Å². The van der Waals surface area contributed by atoms with Crippen LogP contribution in [-0.4, -0.2) is 37.1 Å². The van der Waals surface area contributed by atoms with Crippen molar-refractivity contribution in [1.29, 1.82) is 0 Å². The highest BCUT2D eigenvalue weighted by molar-refractivity contribution is 5.92. The number of carbonyl (C=O) groups excluding carboxylic acids is 1. The molecule has 0 saturated carbocycles. The molecule has 2 heterocycles. The summed E-state index contributed by atoms with van der Waals surface area (Å²) in [6.45, 7) is 3.23. The minimum Gasteiger partial charge on any atom is -0.486 e. The molecule has 0 spiro atoms. The average Bonchev–Trinajstić information content (AvgIpc) is 2.61. The Morgan fingerprint density at radius 1 is 1.04 bits per heavy atom. The highest BCUT2D eigenvalue weighted by Crippen LogP contribution is 2.32. The Hall–Kier alpha value is -2.53. The van der Waals surface area contributed by atoms with Gasteiger partial charge in [-0.25, -0.2) is 0 Å². The van der Waals surface area contributed by atoms with Crippen LogP contribution in [0.15, 0.2) is 42.5 Å². The Morgan fingerprint density at radius 2 is 1.83 bits per heavy atom. The van der Waals surface area contributed by atoms with Crippen molar-refractivity contribution in [1.82, 2.24) is 4.90 Å². The lowest BCUT2D eigenvalue weighted by atomic mass is 10.00. The van der Waals surface area contributed by atoms with Crippen LogP contribution < -0.4 is 14.8 Å². The molecule has 24 heavy (non-hydrogen) atoms. The first-order valence-corrected chi connectivity index (χ1v) is 8.26. The summed E-state index contributed by atoms with van der Waals surface area (Å²) in [7, 11) is 0. The molecule has 1 N–H and O–H groups in total. The minimum absolute atomic E-state index is 0.00828. The number of carbonyl (C=O) groups is 1. The molecule has 0 aromatic heterocycles. The summed E-state index contributed by atoms with van der Waals surface area (Å²) >= 11 is 0. The van der Waals surface area contributed by atoms with Gasteiger partial charge in [0.05, 0.1) is 6.54 Å². The first-order valence-electron chi connectivity index (χ1n) is 8.26. The zero-order chi connectivity index (χ0) is 16.4. The van der Waals surface area contributed by atoms with E-state index >= 15 is 0 Å². The number of hydrogen-bond acceptors (Lipinski definition) is 4. The topological polar surface area (TPSA) is 50.8 Å². The molecular formula is C19H20N2O3. The second-order valence-electron chi connectivity index (χ2n) is 6.14. The van der Waals surface area contributed by atoms with E-state index < -0.39 is 0 Å². The van der Waals surface area contributed by atoms with Gasteiger partial charge in [-0.05, 0) is 29.7 Å². The Kier molecular flexibility index (Phi) is 4.09. The van der Waals surface area contributed by atoms with Crippen LogP contribution in [0.2, 0.25) is 0 Å². The molecule has 0 atom stereocenters. The van der Waals surface area contributed by atoms with Crippen molar-refractivity contribution in [3.8, 4) is 11.5 Å². The monoisotopic (exact) mass is 324 g/mol. The predicted molar refractivity (Wildman–Crippen MR) is 91.5 cm³/mol. The van der Waals surface area contributed by atoms with Gasteiger partial charge in [0.2, 0.25) is 5.91 Å². The fourth-order valence-electron chi connectivity index (χ4n) is 3.21. The van der Waals surface area contributed by atoms with Gasteiger partial charge < -0.3 is 14.8 Å². The Balaban J connectivity index is 1.37. The SMILES string of the molecule is O=C(CN1CCc2ccccc2C1)Nc1ccc2c(c1)OCCO2. The molecule has 5 heteroatoms. The second kappa shape index (κ2) is 6.53. The van der Waals surface area contributed by atoms with Crippen LogP contribution in [0.5, 0.6) is 11.5 Å². The summed E-state index contributed by atoms with van der Waals surface area (Å²) < 4.78 is 11.0. The summed E-state index contributed by atoms with van der Waals surface area (Å²) in [5, 5.41) is 2.95. The quantitative estimate of drug-likeness (QED) is 0.942. The molecule has 2 aliphatic heterocycles. The smallest absolute Gasteiger partial charge is 0.238 e. The molecule has 2 aromatic rings. The number of nitrogens with one attached hydrogen (secondary N) is 1. The molecule has 0 saturated heterocycles. The maximum absolute atomic E-state index is 12.3. The zero-order valence-corrected chi connectivity index (χ0v) is 13.5. The van der Waals surface area contributed by atoms with Crippen LogP contribution in [-0.2, 0) is 17.8 Å². The maximum Gasteiger partial charge on any atom is 0.238 e. The molecule has 0 radical (unpaired) electrons. The van der Waals surface area contributed by atoms with Gasteiger partial charge in [-0.3, -0.25) is 9.69 Å². The molecule has 0 unspecified atom stereocenters. The second-order valence-corrected chi connectivity index (χ2v) is 6.14.